The highest BCUT2D eigenvalue weighted by molar-refractivity contribution is 5.88. The summed E-state index contributed by atoms with van der Waals surface area (Å²) in [6, 6.07) is 1.57. The number of ether oxygens (including phenoxy) is 1. The van der Waals surface area contributed by atoms with Gasteiger partial charge in [-0.05, 0) is 26.3 Å². The lowest BCUT2D eigenvalue weighted by molar-refractivity contribution is 0.0561. The van der Waals surface area contributed by atoms with Gasteiger partial charge in [-0.1, -0.05) is 0 Å². The van der Waals surface area contributed by atoms with Crippen LogP contribution in [0.25, 0.3) is 0 Å². The van der Waals surface area contributed by atoms with Gasteiger partial charge in [0, 0.05) is 12.7 Å². The second-order valence-electron chi connectivity index (χ2n) is 4.41. The van der Waals surface area contributed by atoms with Crippen LogP contribution in [0, 0.1) is 0 Å². The summed E-state index contributed by atoms with van der Waals surface area (Å²) in [6.07, 6.45) is 2.20. The normalized spacial score (nSPS) is 11.5. The van der Waals surface area contributed by atoms with Gasteiger partial charge in [0.25, 0.3) is 0 Å². The minimum absolute atomic E-state index is 0.407. The van der Waals surface area contributed by atoms with Crippen molar-refractivity contribution in [3.63, 3.8) is 0 Å². The maximum Gasteiger partial charge on any atom is 0.354 e. The number of anilines is 1. The molecule has 0 aliphatic carbocycles. The number of rotatable bonds is 4. The van der Waals surface area contributed by atoms with Crippen molar-refractivity contribution in [3.8, 4) is 0 Å². The topological polar surface area (TPSA) is 77.5 Å². The average molecular weight is 226 g/mol. The van der Waals surface area contributed by atoms with Crippen LogP contribution in [0.5, 0.6) is 0 Å². The van der Waals surface area contributed by atoms with E-state index in [1.54, 1.807) is 30.7 Å². The van der Waals surface area contributed by atoms with Gasteiger partial charge < -0.3 is 20.1 Å². The highest BCUT2D eigenvalue weighted by atomic mass is 16.5. The summed E-state index contributed by atoms with van der Waals surface area (Å²) in [5.41, 5.74) is 5.77. The fourth-order valence-electron chi connectivity index (χ4n) is 1.39. The third kappa shape index (κ3) is 3.27. The molecule has 5 heteroatoms. The van der Waals surface area contributed by atoms with E-state index in [1.165, 1.54) is 7.11 Å². The Morgan fingerprint density at radius 3 is 2.75 bits per heavy atom. The van der Waals surface area contributed by atoms with E-state index in [4.69, 9.17) is 5.73 Å². The van der Waals surface area contributed by atoms with Gasteiger partial charge in [-0.15, -0.1) is 0 Å². The van der Waals surface area contributed by atoms with E-state index in [1.807, 2.05) is 0 Å². The molecule has 0 fully saturated rings. The van der Waals surface area contributed by atoms with Crippen molar-refractivity contribution in [1.82, 2.24) is 4.57 Å². The highest BCUT2D eigenvalue weighted by Crippen LogP contribution is 2.15. The molecule has 0 bridgehead atoms. The molecule has 5 nitrogen and oxygen atoms in total. The fourth-order valence-corrected chi connectivity index (χ4v) is 1.39. The standard InChI is InChI=1S/C11H18N2O3/c1-11(2,15)4-5-13-7-8(12)6-9(13)10(14)16-3/h6-7,15H,4-5,12H2,1-3H3. The minimum Gasteiger partial charge on any atom is -0.464 e. The first-order chi connectivity index (χ1) is 7.33. The van der Waals surface area contributed by atoms with E-state index in [0.717, 1.165) is 0 Å². The maximum atomic E-state index is 11.4. The van der Waals surface area contributed by atoms with Crippen molar-refractivity contribution < 1.29 is 14.6 Å². The van der Waals surface area contributed by atoms with Gasteiger partial charge in [0.1, 0.15) is 5.69 Å². The summed E-state index contributed by atoms with van der Waals surface area (Å²) in [5, 5.41) is 9.61. The van der Waals surface area contributed by atoms with Crippen LogP contribution in [-0.4, -0.2) is 28.4 Å². The number of hydrogen-bond donors (Lipinski definition) is 2. The largest absolute Gasteiger partial charge is 0.464 e. The molecule has 1 aromatic rings. The molecule has 1 aromatic heterocycles. The molecule has 0 aromatic carbocycles. The molecule has 16 heavy (non-hydrogen) atoms. The van der Waals surface area contributed by atoms with Gasteiger partial charge in [-0.2, -0.15) is 0 Å². The maximum absolute atomic E-state index is 11.4. The number of hydrogen-bond acceptors (Lipinski definition) is 4. The Morgan fingerprint density at radius 2 is 2.25 bits per heavy atom. The summed E-state index contributed by atoms with van der Waals surface area (Å²) >= 11 is 0. The molecule has 0 amide bonds. The number of aryl methyl sites for hydroxylation is 1. The Kier molecular flexibility index (Phi) is 3.59. The first kappa shape index (κ1) is 12.6. The number of esters is 1. The monoisotopic (exact) mass is 226 g/mol. The van der Waals surface area contributed by atoms with Crippen LogP contribution in [0.3, 0.4) is 0 Å². The number of methoxy groups -OCH3 is 1. The smallest absolute Gasteiger partial charge is 0.354 e. The summed E-state index contributed by atoms with van der Waals surface area (Å²) in [6.45, 7) is 3.96. The minimum atomic E-state index is -0.771. The zero-order chi connectivity index (χ0) is 12.3. The van der Waals surface area contributed by atoms with Gasteiger partial charge in [-0.25, -0.2) is 4.79 Å². The van der Waals surface area contributed by atoms with Crippen molar-refractivity contribution in [2.45, 2.75) is 32.4 Å². The molecule has 0 unspecified atom stereocenters. The van der Waals surface area contributed by atoms with Gasteiger partial charge in [-0.3, -0.25) is 0 Å². The van der Waals surface area contributed by atoms with E-state index in [2.05, 4.69) is 4.74 Å². The quantitative estimate of drug-likeness (QED) is 0.751. The van der Waals surface area contributed by atoms with Gasteiger partial charge in [0.15, 0.2) is 0 Å². The Hall–Kier alpha value is -1.49. The molecule has 0 radical (unpaired) electrons. The van der Waals surface area contributed by atoms with Crippen LogP contribution < -0.4 is 5.73 Å². The number of carbonyl (C=O) groups is 1. The van der Waals surface area contributed by atoms with Crippen molar-refractivity contribution in [2.24, 2.45) is 0 Å². The molecular weight excluding hydrogens is 208 g/mol. The van der Waals surface area contributed by atoms with Crippen LogP contribution in [0.15, 0.2) is 12.3 Å². The fraction of sp³-hybridized carbons (Fsp3) is 0.545. The molecule has 0 saturated heterocycles. The molecule has 0 saturated carbocycles. The highest BCUT2D eigenvalue weighted by Gasteiger charge is 2.17. The molecular formula is C11H18N2O3. The first-order valence-electron chi connectivity index (χ1n) is 5.10. The van der Waals surface area contributed by atoms with Crippen LogP contribution in [0.2, 0.25) is 0 Å². The molecule has 3 N–H and O–H groups in total. The summed E-state index contributed by atoms with van der Waals surface area (Å²) in [5.74, 6) is -0.424. The molecule has 0 spiro atoms. The van der Waals surface area contributed by atoms with Gasteiger partial charge >= 0.3 is 5.97 Å². The zero-order valence-electron chi connectivity index (χ0n) is 9.86. The Balaban J connectivity index is 2.83. The van der Waals surface area contributed by atoms with Gasteiger partial charge in [0.05, 0.1) is 18.4 Å². The Labute approximate surface area is 94.8 Å². The molecule has 0 aliphatic rings. The lowest BCUT2D eigenvalue weighted by Gasteiger charge is -2.17. The number of aliphatic hydroxyl groups is 1. The van der Waals surface area contributed by atoms with Crippen LogP contribution >= 0.6 is 0 Å². The predicted octanol–water partition coefficient (Wildman–Crippen LogP) is 1.02. The van der Waals surface area contributed by atoms with E-state index in [0.29, 0.717) is 24.3 Å². The third-order valence-electron chi connectivity index (χ3n) is 2.28. The van der Waals surface area contributed by atoms with Crippen molar-refractivity contribution >= 4 is 11.7 Å². The zero-order valence-corrected chi connectivity index (χ0v) is 9.86. The number of nitrogen functional groups attached to an aromatic ring is 1. The summed E-state index contributed by atoms with van der Waals surface area (Å²) in [7, 11) is 1.33. The third-order valence-corrected chi connectivity index (χ3v) is 2.28. The number of carbonyl (C=O) groups excluding carboxylic acids is 1. The van der Waals surface area contributed by atoms with E-state index in [9.17, 15) is 9.90 Å². The van der Waals surface area contributed by atoms with Crippen LogP contribution in [-0.2, 0) is 11.3 Å². The summed E-state index contributed by atoms with van der Waals surface area (Å²) < 4.78 is 6.34. The lowest BCUT2D eigenvalue weighted by atomic mass is 10.1. The Bertz CT molecular complexity index is 377. The number of nitrogens with zero attached hydrogens (tertiary/aromatic N) is 1. The van der Waals surface area contributed by atoms with Crippen molar-refractivity contribution in [1.29, 1.82) is 0 Å². The van der Waals surface area contributed by atoms with E-state index >= 15 is 0 Å². The lowest BCUT2D eigenvalue weighted by Crippen LogP contribution is -2.22. The van der Waals surface area contributed by atoms with Crippen LogP contribution in [0.1, 0.15) is 30.8 Å². The SMILES string of the molecule is COC(=O)c1cc(N)cn1CCC(C)(C)O. The van der Waals surface area contributed by atoms with Gasteiger partial charge in [0.2, 0.25) is 0 Å². The average Bonchev–Trinajstić information content (AvgIpc) is 2.54. The molecule has 1 heterocycles. The second-order valence-corrected chi connectivity index (χ2v) is 4.41. The summed E-state index contributed by atoms with van der Waals surface area (Å²) in [4.78, 5) is 11.4. The van der Waals surface area contributed by atoms with Crippen molar-refractivity contribution in [2.75, 3.05) is 12.8 Å². The molecule has 0 atom stereocenters. The molecule has 0 aliphatic heterocycles. The van der Waals surface area contributed by atoms with E-state index < -0.39 is 11.6 Å². The molecule has 1 rings (SSSR count). The number of aromatic nitrogens is 1. The van der Waals surface area contributed by atoms with E-state index in [-0.39, 0.29) is 0 Å². The second kappa shape index (κ2) is 4.57. The first-order valence-corrected chi connectivity index (χ1v) is 5.10. The van der Waals surface area contributed by atoms with Crippen molar-refractivity contribution in [3.05, 3.63) is 18.0 Å². The van der Waals surface area contributed by atoms with Crippen LogP contribution in [0.4, 0.5) is 5.69 Å². The number of nitrogens with two attached hydrogens (primary N) is 1. The Morgan fingerprint density at radius 1 is 1.62 bits per heavy atom. The predicted molar refractivity (Wildman–Crippen MR) is 61.1 cm³/mol. The molecule has 90 valence electrons.